The quantitative estimate of drug-likeness (QED) is 0.362. The van der Waals surface area contributed by atoms with Gasteiger partial charge in [-0.05, 0) is 32.9 Å². The number of hydrogen-bond acceptors (Lipinski definition) is 3. The van der Waals surface area contributed by atoms with Gasteiger partial charge >= 0.3 is 5.97 Å². The highest BCUT2D eigenvalue weighted by Crippen LogP contribution is 1.91. The molecule has 0 unspecified atom stereocenters. The molecule has 0 fully saturated rings. The van der Waals surface area contributed by atoms with Gasteiger partial charge in [0.1, 0.15) is 0 Å². The van der Waals surface area contributed by atoms with E-state index >= 15 is 0 Å². The molecule has 0 aromatic carbocycles. The third-order valence-corrected chi connectivity index (χ3v) is 1.71. The van der Waals surface area contributed by atoms with Crippen LogP contribution in [0, 0.1) is 12.3 Å². The zero-order valence-electron chi connectivity index (χ0n) is 8.84. The Balaban J connectivity index is 3.06. The smallest absolute Gasteiger partial charge is 0.305 e. The monoisotopic (exact) mass is 197 g/mol. The van der Waals surface area contributed by atoms with Crippen LogP contribution in [0.25, 0.3) is 0 Å². The Labute approximate surface area is 86.2 Å². The molecule has 0 spiro atoms. The second kappa shape index (κ2) is 10.1. The molecule has 0 aromatic rings. The summed E-state index contributed by atoms with van der Waals surface area (Å²) in [5.41, 5.74) is 0. The Hall–Kier alpha value is -1.01. The van der Waals surface area contributed by atoms with Gasteiger partial charge < -0.3 is 10.1 Å². The van der Waals surface area contributed by atoms with E-state index in [4.69, 9.17) is 11.2 Å². The highest BCUT2D eigenvalue weighted by atomic mass is 16.5. The second-order valence-corrected chi connectivity index (χ2v) is 2.97. The average Bonchev–Trinajstić information content (AvgIpc) is 2.17. The van der Waals surface area contributed by atoms with Crippen molar-refractivity contribution in [3.05, 3.63) is 0 Å². The van der Waals surface area contributed by atoms with Crippen LogP contribution in [-0.2, 0) is 9.53 Å². The van der Waals surface area contributed by atoms with Crippen LogP contribution in [0.2, 0.25) is 0 Å². The molecule has 14 heavy (non-hydrogen) atoms. The Bertz CT molecular complexity index is 184. The molecule has 0 aliphatic heterocycles. The maximum atomic E-state index is 10.9. The number of ether oxygens (including phenoxy) is 1. The van der Waals surface area contributed by atoms with Crippen molar-refractivity contribution in [1.29, 1.82) is 0 Å². The summed E-state index contributed by atoms with van der Waals surface area (Å²) in [5, 5.41) is 3.21. The van der Waals surface area contributed by atoms with Crippen LogP contribution >= 0.6 is 0 Å². The van der Waals surface area contributed by atoms with Crippen LogP contribution in [0.1, 0.15) is 32.6 Å². The summed E-state index contributed by atoms with van der Waals surface area (Å²) in [5.74, 6) is 2.47. The first kappa shape index (κ1) is 13.0. The van der Waals surface area contributed by atoms with Crippen LogP contribution in [0.4, 0.5) is 0 Å². The standard InChI is InChI=1S/C11H19NO2/c1-3-5-6-9-12-10-7-8-11(13)14-4-2/h1,12H,4-10H2,2H3. The second-order valence-electron chi connectivity index (χ2n) is 2.97. The molecule has 0 radical (unpaired) electrons. The Kier molecular flexibility index (Phi) is 9.35. The zero-order valence-corrected chi connectivity index (χ0v) is 8.84. The molecule has 0 saturated heterocycles. The van der Waals surface area contributed by atoms with E-state index in [1.54, 1.807) is 0 Å². The van der Waals surface area contributed by atoms with Gasteiger partial charge in [0.15, 0.2) is 0 Å². The largest absolute Gasteiger partial charge is 0.466 e. The van der Waals surface area contributed by atoms with Crippen LogP contribution in [0.5, 0.6) is 0 Å². The lowest BCUT2D eigenvalue weighted by atomic mass is 10.3. The number of carbonyl (C=O) groups excluding carboxylic acids is 1. The van der Waals surface area contributed by atoms with Gasteiger partial charge in [-0.3, -0.25) is 4.79 Å². The molecule has 0 heterocycles. The zero-order chi connectivity index (χ0) is 10.6. The lowest BCUT2D eigenvalue weighted by molar-refractivity contribution is -0.143. The number of nitrogens with one attached hydrogen (secondary N) is 1. The average molecular weight is 197 g/mol. The van der Waals surface area contributed by atoms with Crippen molar-refractivity contribution in [3.63, 3.8) is 0 Å². The molecule has 0 aliphatic carbocycles. The molecule has 0 aliphatic rings. The van der Waals surface area contributed by atoms with E-state index in [-0.39, 0.29) is 5.97 Å². The third kappa shape index (κ3) is 9.08. The van der Waals surface area contributed by atoms with Crippen molar-refractivity contribution in [1.82, 2.24) is 5.32 Å². The van der Waals surface area contributed by atoms with Gasteiger partial charge in [-0.1, -0.05) is 0 Å². The number of terminal acetylenes is 1. The third-order valence-electron chi connectivity index (χ3n) is 1.71. The van der Waals surface area contributed by atoms with Crippen LogP contribution in [0.3, 0.4) is 0 Å². The highest BCUT2D eigenvalue weighted by Gasteiger charge is 1.99. The number of unbranched alkanes of at least 4 members (excludes halogenated alkanes) is 1. The van der Waals surface area contributed by atoms with Crippen molar-refractivity contribution in [2.75, 3.05) is 19.7 Å². The molecule has 3 nitrogen and oxygen atoms in total. The lowest BCUT2D eigenvalue weighted by Gasteiger charge is -2.03. The maximum Gasteiger partial charge on any atom is 0.305 e. The van der Waals surface area contributed by atoms with Gasteiger partial charge in [0.25, 0.3) is 0 Å². The SMILES string of the molecule is C#CCCCNCCCC(=O)OCC. The van der Waals surface area contributed by atoms with Crippen LogP contribution in [0.15, 0.2) is 0 Å². The Morgan fingerprint density at radius 2 is 2.14 bits per heavy atom. The summed E-state index contributed by atoms with van der Waals surface area (Å²) in [4.78, 5) is 10.9. The van der Waals surface area contributed by atoms with Gasteiger partial charge in [-0.15, -0.1) is 12.3 Å². The molecule has 3 heteroatoms. The van der Waals surface area contributed by atoms with Gasteiger partial charge in [-0.2, -0.15) is 0 Å². The fourth-order valence-corrected chi connectivity index (χ4v) is 1.03. The van der Waals surface area contributed by atoms with Crippen molar-refractivity contribution in [2.45, 2.75) is 32.6 Å². The van der Waals surface area contributed by atoms with Crippen molar-refractivity contribution in [3.8, 4) is 12.3 Å². The molecule has 1 N–H and O–H groups in total. The topological polar surface area (TPSA) is 38.3 Å². The summed E-state index contributed by atoms with van der Waals surface area (Å²) in [6.45, 7) is 4.06. The Morgan fingerprint density at radius 3 is 2.79 bits per heavy atom. The first-order chi connectivity index (χ1) is 6.81. The minimum atomic E-state index is -0.113. The Morgan fingerprint density at radius 1 is 1.43 bits per heavy atom. The fourth-order valence-electron chi connectivity index (χ4n) is 1.03. The number of esters is 1. The summed E-state index contributed by atoms with van der Waals surface area (Å²) in [7, 11) is 0. The van der Waals surface area contributed by atoms with E-state index < -0.39 is 0 Å². The normalized spacial score (nSPS) is 9.43. The maximum absolute atomic E-state index is 10.9. The molecule has 0 atom stereocenters. The summed E-state index contributed by atoms with van der Waals surface area (Å²) in [6, 6.07) is 0. The first-order valence-electron chi connectivity index (χ1n) is 5.11. The lowest BCUT2D eigenvalue weighted by Crippen LogP contribution is -2.17. The molecular weight excluding hydrogens is 178 g/mol. The van der Waals surface area contributed by atoms with E-state index in [1.165, 1.54) is 0 Å². The van der Waals surface area contributed by atoms with Crippen LogP contribution in [-0.4, -0.2) is 25.7 Å². The number of hydrogen-bond donors (Lipinski definition) is 1. The summed E-state index contributed by atoms with van der Waals surface area (Å²) >= 11 is 0. The van der Waals surface area contributed by atoms with Crippen molar-refractivity contribution < 1.29 is 9.53 Å². The van der Waals surface area contributed by atoms with E-state index in [9.17, 15) is 4.79 Å². The molecule has 0 aromatic heterocycles. The van der Waals surface area contributed by atoms with E-state index in [0.717, 1.165) is 32.4 Å². The number of carbonyl (C=O) groups is 1. The van der Waals surface area contributed by atoms with Gasteiger partial charge in [-0.25, -0.2) is 0 Å². The van der Waals surface area contributed by atoms with Gasteiger partial charge in [0.05, 0.1) is 6.61 Å². The summed E-state index contributed by atoms with van der Waals surface area (Å²) in [6.07, 6.45) is 8.23. The predicted molar refractivity (Wildman–Crippen MR) is 56.8 cm³/mol. The van der Waals surface area contributed by atoms with Gasteiger partial charge in [0, 0.05) is 12.8 Å². The molecular formula is C11H19NO2. The minimum absolute atomic E-state index is 0.113. The molecule has 0 amide bonds. The molecule has 0 saturated carbocycles. The molecule has 80 valence electrons. The highest BCUT2D eigenvalue weighted by molar-refractivity contribution is 5.69. The summed E-state index contributed by atoms with van der Waals surface area (Å²) < 4.78 is 4.79. The molecule has 0 bridgehead atoms. The fraction of sp³-hybridized carbons (Fsp3) is 0.727. The van der Waals surface area contributed by atoms with Crippen molar-refractivity contribution >= 4 is 5.97 Å². The van der Waals surface area contributed by atoms with E-state index in [0.29, 0.717) is 13.0 Å². The van der Waals surface area contributed by atoms with Crippen molar-refractivity contribution in [2.24, 2.45) is 0 Å². The van der Waals surface area contributed by atoms with E-state index in [1.807, 2.05) is 6.92 Å². The van der Waals surface area contributed by atoms with E-state index in [2.05, 4.69) is 11.2 Å². The first-order valence-corrected chi connectivity index (χ1v) is 5.11. The molecule has 0 rings (SSSR count). The number of rotatable bonds is 8. The predicted octanol–water partition coefficient (Wildman–Crippen LogP) is 1.33. The minimum Gasteiger partial charge on any atom is -0.466 e. The van der Waals surface area contributed by atoms with Crippen LogP contribution < -0.4 is 5.32 Å². The van der Waals surface area contributed by atoms with Gasteiger partial charge in [0.2, 0.25) is 0 Å².